The highest BCUT2D eigenvalue weighted by molar-refractivity contribution is 7.89. The normalized spacial score (nSPS) is 15.1. The molecular weight excluding hydrogens is 385 g/mol. The first kappa shape index (κ1) is 21.7. The van der Waals surface area contributed by atoms with E-state index in [1.165, 1.54) is 7.05 Å². The van der Waals surface area contributed by atoms with Gasteiger partial charge in [0.2, 0.25) is 15.6 Å². The molecule has 2 N–H and O–H groups in total. The number of aliphatic hydroxyl groups is 1. The lowest BCUT2D eigenvalue weighted by Gasteiger charge is -2.25. The summed E-state index contributed by atoms with van der Waals surface area (Å²) in [5.41, 5.74) is -3.88. The Morgan fingerprint density at radius 3 is 2.36 bits per heavy atom. The summed E-state index contributed by atoms with van der Waals surface area (Å²) in [5, 5.41) is 10.9. The van der Waals surface area contributed by atoms with Gasteiger partial charge in [0.1, 0.15) is 0 Å². The predicted molar refractivity (Wildman–Crippen MR) is 86.9 cm³/mol. The number of nitrogens with zero attached hydrogens (tertiary/aromatic N) is 1. The molecule has 0 aliphatic rings. The number of halogens is 4. The van der Waals surface area contributed by atoms with Crippen LogP contribution in [0, 0.1) is 0 Å². The first-order valence-corrected chi connectivity index (χ1v) is 8.93. The molecule has 1 aromatic carbocycles. The number of hydrogen-bond acceptors (Lipinski definition) is 4. The van der Waals surface area contributed by atoms with Crippen molar-refractivity contribution >= 4 is 33.2 Å². The van der Waals surface area contributed by atoms with Crippen LogP contribution in [0.5, 0.6) is 0 Å². The van der Waals surface area contributed by atoms with Crippen molar-refractivity contribution in [2.45, 2.75) is 36.9 Å². The first-order chi connectivity index (χ1) is 11.2. The molecule has 0 aliphatic heterocycles. The van der Waals surface area contributed by atoms with Gasteiger partial charge in [-0.2, -0.15) is 13.2 Å². The molecule has 142 valence electrons. The van der Waals surface area contributed by atoms with Crippen molar-refractivity contribution in [3.63, 3.8) is 0 Å². The van der Waals surface area contributed by atoms with E-state index < -0.39 is 27.7 Å². The van der Waals surface area contributed by atoms with Crippen molar-refractivity contribution in [2.24, 2.45) is 0 Å². The number of hydrogen-bond donors (Lipinski definition) is 2. The molecule has 11 heteroatoms. The van der Waals surface area contributed by atoms with Gasteiger partial charge in [-0.05, 0) is 31.5 Å². The molecule has 6 nitrogen and oxygen atoms in total. The second-order valence-electron chi connectivity index (χ2n) is 5.49. The predicted octanol–water partition coefficient (Wildman–Crippen LogP) is 2.62. The van der Waals surface area contributed by atoms with Crippen molar-refractivity contribution in [3.05, 3.63) is 23.2 Å². The van der Waals surface area contributed by atoms with Crippen molar-refractivity contribution in [1.29, 1.82) is 0 Å². The van der Waals surface area contributed by atoms with Crippen molar-refractivity contribution in [1.82, 2.24) is 4.31 Å². The van der Waals surface area contributed by atoms with E-state index in [9.17, 15) is 31.5 Å². The monoisotopic (exact) mass is 402 g/mol. The Morgan fingerprint density at radius 1 is 1.36 bits per heavy atom. The van der Waals surface area contributed by atoms with E-state index in [4.69, 9.17) is 11.6 Å². The molecule has 0 saturated carbocycles. The number of rotatable bonds is 6. The fraction of sp³-hybridized carbons (Fsp3) is 0.500. The summed E-state index contributed by atoms with van der Waals surface area (Å²) in [7, 11) is -2.44. The summed E-state index contributed by atoms with van der Waals surface area (Å²) in [4.78, 5) is 11.5. The zero-order valence-corrected chi connectivity index (χ0v) is 15.3. The summed E-state index contributed by atoms with van der Waals surface area (Å²) in [6.45, 7) is 2.37. The van der Waals surface area contributed by atoms with Crippen LogP contribution < -0.4 is 5.32 Å². The molecule has 1 unspecified atom stereocenters. The highest BCUT2D eigenvalue weighted by Crippen LogP contribution is 2.33. The highest BCUT2D eigenvalue weighted by atomic mass is 35.5. The molecule has 0 spiro atoms. The highest BCUT2D eigenvalue weighted by Gasteiger charge is 2.55. The molecule has 1 amide bonds. The van der Waals surface area contributed by atoms with E-state index in [0.29, 0.717) is 13.3 Å². The number of benzene rings is 1. The van der Waals surface area contributed by atoms with Gasteiger partial charge in [0.15, 0.2) is 0 Å². The Morgan fingerprint density at radius 2 is 1.92 bits per heavy atom. The maximum absolute atomic E-state index is 12.6. The van der Waals surface area contributed by atoms with Crippen LogP contribution in [0.2, 0.25) is 5.02 Å². The minimum Gasteiger partial charge on any atom is -0.373 e. The number of carbonyl (C=O) groups excluding carboxylic acids is 1. The van der Waals surface area contributed by atoms with E-state index in [2.05, 4.69) is 0 Å². The lowest BCUT2D eigenvalue weighted by atomic mass is 10.1. The second kappa shape index (κ2) is 7.48. The quantitative estimate of drug-likeness (QED) is 0.765. The molecular formula is C14H18ClF3N2O4S. The van der Waals surface area contributed by atoms with Crippen LogP contribution in [-0.2, 0) is 14.8 Å². The Labute approximate surface area is 148 Å². The number of nitrogens with one attached hydrogen (secondary N) is 1. The van der Waals surface area contributed by atoms with Gasteiger partial charge in [-0.15, -0.1) is 0 Å². The maximum Gasteiger partial charge on any atom is 0.426 e. The van der Waals surface area contributed by atoms with Gasteiger partial charge < -0.3 is 10.4 Å². The topological polar surface area (TPSA) is 86.7 Å². The molecule has 0 radical (unpaired) electrons. The maximum atomic E-state index is 12.6. The SMILES string of the molecule is CCCN(C)S(=O)(=O)c1ccc(NC(=O)C(C)(O)C(F)(F)F)c(Cl)c1. The average molecular weight is 403 g/mol. The number of amides is 1. The molecule has 0 aromatic heterocycles. The van der Waals surface area contributed by atoms with Crippen LogP contribution in [0.15, 0.2) is 23.1 Å². The van der Waals surface area contributed by atoms with Gasteiger partial charge in [0, 0.05) is 13.6 Å². The molecule has 0 fully saturated rings. The largest absolute Gasteiger partial charge is 0.426 e. The van der Waals surface area contributed by atoms with Crippen molar-refractivity contribution < 1.29 is 31.5 Å². The van der Waals surface area contributed by atoms with Crippen molar-refractivity contribution in [3.8, 4) is 0 Å². The summed E-state index contributed by atoms with van der Waals surface area (Å²) in [5.74, 6) is -1.74. The third-order valence-corrected chi connectivity index (χ3v) is 5.60. The molecule has 0 saturated heterocycles. The van der Waals surface area contributed by atoms with Gasteiger partial charge in [0.05, 0.1) is 15.6 Å². The minimum atomic E-state index is -5.18. The molecule has 0 bridgehead atoms. The molecule has 1 aromatic rings. The smallest absolute Gasteiger partial charge is 0.373 e. The number of alkyl halides is 3. The summed E-state index contributed by atoms with van der Waals surface area (Å²) < 4.78 is 63.6. The van der Waals surface area contributed by atoms with E-state index in [1.54, 1.807) is 6.92 Å². The Balaban J connectivity index is 3.11. The lowest BCUT2D eigenvalue weighted by Crippen LogP contribution is -2.52. The molecule has 0 heterocycles. The van der Waals surface area contributed by atoms with Gasteiger partial charge in [-0.25, -0.2) is 12.7 Å². The van der Waals surface area contributed by atoms with Crippen LogP contribution in [0.25, 0.3) is 0 Å². The van der Waals surface area contributed by atoms with E-state index >= 15 is 0 Å². The second-order valence-corrected chi connectivity index (χ2v) is 7.94. The zero-order valence-electron chi connectivity index (χ0n) is 13.7. The third-order valence-electron chi connectivity index (χ3n) is 3.43. The fourth-order valence-corrected chi connectivity index (χ4v) is 3.33. The number of carbonyl (C=O) groups is 1. The summed E-state index contributed by atoms with van der Waals surface area (Å²) in [6, 6.07) is 3.17. The van der Waals surface area contributed by atoms with Crippen LogP contribution in [0.4, 0.5) is 18.9 Å². The van der Waals surface area contributed by atoms with Crippen LogP contribution in [0.3, 0.4) is 0 Å². The molecule has 1 rings (SSSR count). The van der Waals surface area contributed by atoms with Crippen LogP contribution >= 0.6 is 11.6 Å². The molecule has 1 atom stereocenters. The Hall–Kier alpha value is -1.36. The summed E-state index contributed by atoms with van der Waals surface area (Å²) in [6.07, 6.45) is -4.60. The Bertz CT molecular complexity index is 751. The molecule has 0 aliphatic carbocycles. The standard InChI is InChI=1S/C14H18ClF3N2O4S/c1-4-7-20(3)25(23,24)9-5-6-11(10(15)8-9)19-12(21)13(2,22)14(16,17)18/h5-6,8,22H,4,7H2,1-3H3,(H,19,21). The van der Waals surface area contributed by atoms with E-state index in [-0.39, 0.29) is 22.2 Å². The Kier molecular flexibility index (Phi) is 6.49. The van der Waals surface area contributed by atoms with Gasteiger partial charge in [0.25, 0.3) is 5.91 Å². The number of sulfonamides is 1. The lowest BCUT2D eigenvalue weighted by molar-refractivity contribution is -0.242. The average Bonchev–Trinajstić information content (AvgIpc) is 2.48. The van der Waals surface area contributed by atoms with Gasteiger partial charge in [-0.1, -0.05) is 18.5 Å². The van der Waals surface area contributed by atoms with Crippen LogP contribution in [-0.4, -0.2) is 49.1 Å². The third kappa shape index (κ3) is 4.63. The van der Waals surface area contributed by atoms with Crippen LogP contribution in [0.1, 0.15) is 20.3 Å². The fourth-order valence-electron chi connectivity index (χ4n) is 1.75. The molecule has 25 heavy (non-hydrogen) atoms. The van der Waals surface area contributed by atoms with Gasteiger partial charge >= 0.3 is 6.18 Å². The number of anilines is 1. The van der Waals surface area contributed by atoms with Crippen molar-refractivity contribution in [2.75, 3.05) is 18.9 Å². The zero-order chi connectivity index (χ0) is 19.6. The van der Waals surface area contributed by atoms with Gasteiger partial charge in [-0.3, -0.25) is 4.79 Å². The first-order valence-electron chi connectivity index (χ1n) is 7.11. The van der Waals surface area contributed by atoms with E-state index in [0.717, 1.165) is 22.5 Å². The minimum absolute atomic E-state index is 0.172. The summed E-state index contributed by atoms with van der Waals surface area (Å²) >= 11 is 5.87. The van der Waals surface area contributed by atoms with E-state index in [1.807, 2.05) is 5.32 Å².